The fourth-order valence-corrected chi connectivity index (χ4v) is 3.18. The Morgan fingerprint density at radius 2 is 2.18 bits per heavy atom. The third kappa shape index (κ3) is 1.66. The summed E-state index contributed by atoms with van der Waals surface area (Å²) in [6.45, 7) is 0. The molecule has 0 amide bonds. The molecule has 2 aliphatic carbocycles. The molecule has 2 saturated carbocycles. The van der Waals surface area contributed by atoms with Crippen molar-refractivity contribution in [1.29, 1.82) is 0 Å². The molecule has 0 aliphatic heterocycles. The Labute approximate surface area is 101 Å². The minimum absolute atomic E-state index is 0.0829. The van der Waals surface area contributed by atoms with Crippen molar-refractivity contribution in [3.05, 3.63) is 12.4 Å². The van der Waals surface area contributed by atoms with Gasteiger partial charge in [0.25, 0.3) is 0 Å². The van der Waals surface area contributed by atoms with Crippen molar-refractivity contribution in [2.75, 3.05) is 0 Å². The highest BCUT2D eigenvalue weighted by Gasteiger charge is 2.56. The zero-order chi connectivity index (χ0) is 11.9. The number of hydrogen-bond donors (Lipinski definition) is 0. The van der Waals surface area contributed by atoms with E-state index in [4.69, 9.17) is 4.74 Å². The average molecular weight is 234 g/mol. The normalized spacial score (nSPS) is 26.9. The van der Waals surface area contributed by atoms with Gasteiger partial charge < -0.3 is 4.74 Å². The highest BCUT2D eigenvalue weighted by Crippen LogP contribution is 2.50. The molecule has 0 radical (unpaired) electrons. The number of ether oxygens (including phenoxy) is 1. The molecule has 4 heteroatoms. The number of carbonyl (C=O) groups is 1. The minimum Gasteiger partial charge on any atom is -0.486 e. The van der Waals surface area contributed by atoms with E-state index < -0.39 is 0 Å². The monoisotopic (exact) mass is 234 g/mol. The van der Waals surface area contributed by atoms with Gasteiger partial charge >= 0.3 is 0 Å². The Bertz CT molecular complexity index is 432. The van der Waals surface area contributed by atoms with Gasteiger partial charge in [0.1, 0.15) is 11.9 Å². The minimum atomic E-state index is -0.159. The number of aromatic nitrogens is 2. The summed E-state index contributed by atoms with van der Waals surface area (Å²) in [7, 11) is 1.87. The van der Waals surface area contributed by atoms with Crippen LogP contribution in [0.1, 0.15) is 38.5 Å². The van der Waals surface area contributed by atoms with Gasteiger partial charge in [-0.2, -0.15) is 5.10 Å². The average Bonchev–Trinajstić information content (AvgIpc) is 2.76. The number of rotatable bonds is 2. The van der Waals surface area contributed by atoms with E-state index in [-0.39, 0.29) is 11.5 Å². The molecule has 0 saturated heterocycles. The second-order valence-corrected chi connectivity index (χ2v) is 5.30. The number of Topliss-reactive ketones (excluding diaryl/α,β-unsaturated/α-hetero) is 1. The molecule has 17 heavy (non-hydrogen) atoms. The van der Waals surface area contributed by atoms with Crippen molar-refractivity contribution in [3.8, 4) is 5.75 Å². The van der Waals surface area contributed by atoms with Crippen molar-refractivity contribution in [2.45, 2.75) is 44.6 Å². The summed E-state index contributed by atoms with van der Waals surface area (Å²) >= 11 is 0. The molecule has 1 spiro atoms. The van der Waals surface area contributed by atoms with Crippen LogP contribution in [0.3, 0.4) is 0 Å². The number of aryl methyl sites for hydroxylation is 1. The van der Waals surface area contributed by atoms with Gasteiger partial charge in [0, 0.05) is 13.5 Å². The molecular formula is C13H18N2O2. The third-order valence-electron chi connectivity index (χ3n) is 4.25. The topological polar surface area (TPSA) is 44.1 Å². The van der Waals surface area contributed by atoms with E-state index in [1.807, 2.05) is 13.2 Å². The Morgan fingerprint density at radius 3 is 2.76 bits per heavy atom. The number of hydrogen-bond acceptors (Lipinski definition) is 3. The molecule has 92 valence electrons. The first kappa shape index (κ1) is 10.8. The smallest absolute Gasteiger partial charge is 0.157 e. The Hall–Kier alpha value is -1.32. The SMILES string of the molecule is Cn1cc(OC2CC(=O)C23CCCCC3)cn1. The third-order valence-corrected chi connectivity index (χ3v) is 4.25. The maximum Gasteiger partial charge on any atom is 0.157 e. The van der Waals surface area contributed by atoms with Crippen molar-refractivity contribution in [2.24, 2.45) is 12.5 Å². The molecule has 0 bridgehead atoms. The molecule has 0 N–H and O–H groups in total. The van der Waals surface area contributed by atoms with Crippen LogP contribution in [0.4, 0.5) is 0 Å². The molecule has 1 aromatic heterocycles. The van der Waals surface area contributed by atoms with Crippen LogP contribution in [0, 0.1) is 5.41 Å². The summed E-state index contributed by atoms with van der Waals surface area (Å²) in [5.41, 5.74) is -0.159. The summed E-state index contributed by atoms with van der Waals surface area (Å²) < 4.78 is 7.66. The lowest BCUT2D eigenvalue weighted by Crippen LogP contribution is -2.57. The van der Waals surface area contributed by atoms with Crippen LogP contribution in [0.25, 0.3) is 0 Å². The first-order chi connectivity index (χ1) is 8.21. The largest absolute Gasteiger partial charge is 0.486 e. The van der Waals surface area contributed by atoms with E-state index in [1.54, 1.807) is 10.9 Å². The van der Waals surface area contributed by atoms with Crippen molar-refractivity contribution >= 4 is 5.78 Å². The van der Waals surface area contributed by atoms with Crippen LogP contribution in [-0.4, -0.2) is 21.7 Å². The van der Waals surface area contributed by atoms with Crippen LogP contribution in [-0.2, 0) is 11.8 Å². The zero-order valence-corrected chi connectivity index (χ0v) is 10.2. The molecule has 1 heterocycles. The number of ketones is 1. The molecule has 1 aromatic rings. The summed E-state index contributed by atoms with van der Waals surface area (Å²) in [5, 5.41) is 4.09. The number of carbonyl (C=O) groups excluding carboxylic acids is 1. The van der Waals surface area contributed by atoms with Gasteiger partial charge in [0.15, 0.2) is 5.75 Å². The lowest BCUT2D eigenvalue weighted by molar-refractivity contribution is -0.156. The highest BCUT2D eigenvalue weighted by molar-refractivity contribution is 5.92. The van der Waals surface area contributed by atoms with Gasteiger partial charge in [-0.25, -0.2) is 0 Å². The Morgan fingerprint density at radius 1 is 1.41 bits per heavy atom. The van der Waals surface area contributed by atoms with E-state index in [9.17, 15) is 4.79 Å². The van der Waals surface area contributed by atoms with E-state index in [1.165, 1.54) is 19.3 Å². The quantitative estimate of drug-likeness (QED) is 0.787. The molecule has 0 aromatic carbocycles. The fraction of sp³-hybridized carbons (Fsp3) is 0.692. The first-order valence-corrected chi connectivity index (χ1v) is 6.39. The van der Waals surface area contributed by atoms with Gasteiger partial charge in [-0.1, -0.05) is 19.3 Å². The Balaban J connectivity index is 1.73. The van der Waals surface area contributed by atoms with E-state index in [0.717, 1.165) is 18.6 Å². The zero-order valence-electron chi connectivity index (χ0n) is 10.2. The molecule has 1 atom stereocenters. The molecule has 2 aliphatic rings. The lowest BCUT2D eigenvalue weighted by atomic mass is 9.57. The summed E-state index contributed by atoms with van der Waals surface area (Å²) in [6, 6.07) is 0. The maximum absolute atomic E-state index is 11.9. The Kier molecular flexibility index (Phi) is 2.45. The second-order valence-electron chi connectivity index (χ2n) is 5.30. The van der Waals surface area contributed by atoms with Crippen LogP contribution >= 0.6 is 0 Å². The van der Waals surface area contributed by atoms with E-state index >= 15 is 0 Å². The molecule has 1 unspecified atom stereocenters. The van der Waals surface area contributed by atoms with Crippen molar-refractivity contribution < 1.29 is 9.53 Å². The molecular weight excluding hydrogens is 216 g/mol. The van der Waals surface area contributed by atoms with E-state index in [2.05, 4.69) is 5.10 Å². The predicted octanol–water partition coefficient (Wildman–Crippen LogP) is 2.09. The van der Waals surface area contributed by atoms with Crippen LogP contribution in [0.15, 0.2) is 12.4 Å². The van der Waals surface area contributed by atoms with Gasteiger partial charge in [-0.3, -0.25) is 9.48 Å². The first-order valence-electron chi connectivity index (χ1n) is 6.39. The maximum atomic E-state index is 11.9. The summed E-state index contributed by atoms with van der Waals surface area (Å²) in [6.07, 6.45) is 9.85. The molecule has 2 fully saturated rings. The molecule has 4 nitrogen and oxygen atoms in total. The second kappa shape index (κ2) is 3.86. The van der Waals surface area contributed by atoms with Gasteiger partial charge in [0.05, 0.1) is 17.8 Å². The van der Waals surface area contributed by atoms with Crippen LogP contribution < -0.4 is 4.74 Å². The standard InChI is InChI=1S/C13H18N2O2/c1-15-9-10(8-14-15)17-12-7-11(16)13(12)5-3-2-4-6-13/h8-9,12H,2-7H2,1H3. The van der Waals surface area contributed by atoms with Crippen LogP contribution in [0.5, 0.6) is 5.75 Å². The lowest BCUT2D eigenvalue weighted by Gasteiger charge is -2.49. The van der Waals surface area contributed by atoms with Crippen molar-refractivity contribution in [1.82, 2.24) is 9.78 Å². The highest BCUT2D eigenvalue weighted by atomic mass is 16.5. The summed E-state index contributed by atoms with van der Waals surface area (Å²) in [5.74, 6) is 1.20. The predicted molar refractivity (Wildman–Crippen MR) is 62.8 cm³/mol. The van der Waals surface area contributed by atoms with Gasteiger partial charge in [-0.15, -0.1) is 0 Å². The molecule has 3 rings (SSSR count). The van der Waals surface area contributed by atoms with Gasteiger partial charge in [0.2, 0.25) is 0 Å². The summed E-state index contributed by atoms with van der Waals surface area (Å²) in [4.78, 5) is 11.9. The van der Waals surface area contributed by atoms with Crippen LogP contribution in [0.2, 0.25) is 0 Å². The van der Waals surface area contributed by atoms with Gasteiger partial charge in [-0.05, 0) is 12.8 Å². The van der Waals surface area contributed by atoms with Crippen molar-refractivity contribution in [3.63, 3.8) is 0 Å². The van der Waals surface area contributed by atoms with E-state index in [0.29, 0.717) is 12.2 Å². The number of nitrogens with zero attached hydrogens (tertiary/aromatic N) is 2. The fourth-order valence-electron chi connectivity index (χ4n) is 3.18.